The lowest BCUT2D eigenvalue weighted by molar-refractivity contribution is -0.122. The van der Waals surface area contributed by atoms with Gasteiger partial charge in [-0.2, -0.15) is 0 Å². The number of hydrogen-bond acceptors (Lipinski definition) is 3. The quantitative estimate of drug-likeness (QED) is 0.525. The monoisotopic (exact) mass is 144 g/mol. The van der Waals surface area contributed by atoms with Gasteiger partial charge in [0.15, 0.2) is 0 Å². The molecule has 1 fully saturated rings. The van der Waals surface area contributed by atoms with Gasteiger partial charge in [0.05, 0.1) is 13.0 Å². The van der Waals surface area contributed by atoms with Gasteiger partial charge in [-0.25, -0.2) is 5.90 Å². The van der Waals surface area contributed by atoms with Crippen LogP contribution in [0.4, 0.5) is 0 Å². The topological polar surface area (TPSA) is 64.3 Å². The second-order valence-corrected chi connectivity index (χ2v) is 2.46. The molecular weight excluding hydrogens is 132 g/mol. The molecule has 0 atom stereocenters. The van der Waals surface area contributed by atoms with E-state index in [2.05, 4.69) is 10.2 Å². The van der Waals surface area contributed by atoms with Gasteiger partial charge in [0.25, 0.3) is 0 Å². The van der Waals surface area contributed by atoms with E-state index in [1.165, 1.54) is 0 Å². The number of hydrogen-bond donors (Lipinski definition) is 2. The summed E-state index contributed by atoms with van der Waals surface area (Å²) in [6.07, 6.45) is 2.61. The lowest BCUT2D eigenvalue weighted by atomic mass is 10.4. The molecule has 0 saturated heterocycles. The molecular formula is C6H12N2O2. The molecule has 4 nitrogen and oxygen atoms in total. The molecule has 0 heterocycles. The summed E-state index contributed by atoms with van der Waals surface area (Å²) in [7, 11) is 0. The number of amides is 1. The van der Waals surface area contributed by atoms with Gasteiger partial charge >= 0.3 is 0 Å². The third-order valence-corrected chi connectivity index (χ3v) is 1.39. The summed E-state index contributed by atoms with van der Waals surface area (Å²) in [6.45, 7) is 0.304. The van der Waals surface area contributed by atoms with Gasteiger partial charge in [-0.3, -0.25) is 4.79 Å². The van der Waals surface area contributed by atoms with Crippen molar-refractivity contribution >= 4 is 5.91 Å². The fourth-order valence-corrected chi connectivity index (χ4v) is 0.679. The van der Waals surface area contributed by atoms with Crippen molar-refractivity contribution in [3.63, 3.8) is 0 Å². The van der Waals surface area contributed by atoms with Gasteiger partial charge in [-0.1, -0.05) is 0 Å². The maximum atomic E-state index is 10.8. The minimum Gasteiger partial charge on any atom is -0.353 e. The molecule has 1 aliphatic carbocycles. The van der Waals surface area contributed by atoms with Gasteiger partial charge in [0, 0.05) is 6.04 Å². The van der Waals surface area contributed by atoms with Crippen LogP contribution in [0.25, 0.3) is 0 Å². The summed E-state index contributed by atoms with van der Waals surface area (Å²) < 4.78 is 0. The second kappa shape index (κ2) is 3.53. The molecule has 1 amide bonds. The summed E-state index contributed by atoms with van der Waals surface area (Å²) in [6, 6.07) is 0.435. The maximum absolute atomic E-state index is 10.8. The Bertz CT molecular complexity index is 123. The van der Waals surface area contributed by atoms with Gasteiger partial charge in [0.1, 0.15) is 0 Å². The van der Waals surface area contributed by atoms with Crippen molar-refractivity contribution in [3.8, 4) is 0 Å². The summed E-state index contributed by atoms with van der Waals surface area (Å²) in [5.41, 5.74) is 0. The molecule has 1 saturated carbocycles. The van der Waals surface area contributed by atoms with Crippen molar-refractivity contribution in [3.05, 3.63) is 0 Å². The largest absolute Gasteiger partial charge is 0.353 e. The van der Waals surface area contributed by atoms with E-state index in [1.54, 1.807) is 0 Å². The molecule has 58 valence electrons. The predicted octanol–water partition coefficient (Wildman–Crippen LogP) is -0.455. The highest BCUT2D eigenvalue weighted by Gasteiger charge is 2.22. The standard InChI is InChI=1S/C6H12N2O2/c7-10-4-3-6(9)8-5-1-2-5/h5H,1-4,7H2,(H,8,9). The van der Waals surface area contributed by atoms with Crippen molar-refractivity contribution in [1.29, 1.82) is 0 Å². The third kappa shape index (κ3) is 2.80. The maximum Gasteiger partial charge on any atom is 0.222 e. The zero-order chi connectivity index (χ0) is 7.40. The molecule has 4 heteroatoms. The summed E-state index contributed by atoms with van der Waals surface area (Å²) >= 11 is 0. The Balaban J connectivity index is 1.97. The average molecular weight is 144 g/mol. The highest BCUT2D eigenvalue weighted by atomic mass is 16.6. The normalized spacial score (nSPS) is 16.9. The van der Waals surface area contributed by atoms with E-state index in [0.717, 1.165) is 12.8 Å². The first-order valence-corrected chi connectivity index (χ1v) is 3.44. The summed E-state index contributed by atoms with van der Waals surface area (Å²) in [5.74, 6) is 4.78. The molecule has 0 aromatic carbocycles. The van der Waals surface area contributed by atoms with Gasteiger partial charge in [0.2, 0.25) is 5.91 Å². The van der Waals surface area contributed by atoms with Crippen LogP contribution in [-0.2, 0) is 9.63 Å². The molecule has 0 aromatic rings. The van der Waals surface area contributed by atoms with E-state index in [4.69, 9.17) is 5.90 Å². The van der Waals surface area contributed by atoms with Crippen LogP contribution < -0.4 is 11.2 Å². The van der Waals surface area contributed by atoms with Crippen LogP contribution >= 0.6 is 0 Å². The molecule has 0 aliphatic heterocycles. The van der Waals surface area contributed by atoms with Crippen LogP contribution in [0.5, 0.6) is 0 Å². The van der Waals surface area contributed by atoms with Crippen LogP contribution in [0.15, 0.2) is 0 Å². The molecule has 0 unspecified atom stereocenters. The van der Waals surface area contributed by atoms with Crippen molar-refractivity contribution < 1.29 is 9.63 Å². The Morgan fingerprint density at radius 1 is 1.70 bits per heavy atom. The van der Waals surface area contributed by atoms with E-state index in [9.17, 15) is 4.79 Å². The first-order valence-electron chi connectivity index (χ1n) is 3.44. The SMILES string of the molecule is NOCCC(=O)NC1CC1. The average Bonchev–Trinajstić information content (AvgIpc) is 2.67. The Kier molecular flexibility index (Phi) is 2.65. The molecule has 0 aromatic heterocycles. The van der Waals surface area contributed by atoms with Crippen LogP contribution in [0, 0.1) is 0 Å². The van der Waals surface area contributed by atoms with Crippen molar-refractivity contribution in [2.24, 2.45) is 5.90 Å². The molecule has 3 N–H and O–H groups in total. The lowest BCUT2D eigenvalue weighted by Crippen LogP contribution is -2.26. The minimum absolute atomic E-state index is 0.0351. The van der Waals surface area contributed by atoms with E-state index in [0.29, 0.717) is 19.1 Å². The molecule has 0 spiro atoms. The Hall–Kier alpha value is -0.610. The molecule has 0 bridgehead atoms. The minimum atomic E-state index is 0.0351. The number of rotatable bonds is 4. The fourth-order valence-electron chi connectivity index (χ4n) is 0.679. The Morgan fingerprint density at radius 2 is 2.40 bits per heavy atom. The van der Waals surface area contributed by atoms with Crippen molar-refractivity contribution in [2.45, 2.75) is 25.3 Å². The number of carbonyl (C=O) groups is 1. The molecule has 1 aliphatic rings. The highest BCUT2D eigenvalue weighted by Crippen LogP contribution is 2.18. The van der Waals surface area contributed by atoms with Crippen LogP contribution in [0.1, 0.15) is 19.3 Å². The zero-order valence-corrected chi connectivity index (χ0v) is 5.80. The van der Waals surface area contributed by atoms with Gasteiger partial charge < -0.3 is 10.2 Å². The van der Waals surface area contributed by atoms with E-state index < -0.39 is 0 Å². The third-order valence-electron chi connectivity index (χ3n) is 1.39. The number of nitrogens with one attached hydrogen (secondary N) is 1. The van der Waals surface area contributed by atoms with E-state index in [-0.39, 0.29) is 5.91 Å². The number of carbonyl (C=O) groups excluding carboxylic acids is 1. The fraction of sp³-hybridized carbons (Fsp3) is 0.833. The van der Waals surface area contributed by atoms with Crippen molar-refractivity contribution in [2.75, 3.05) is 6.61 Å². The predicted molar refractivity (Wildman–Crippen MR) is 35.9 cm³/mol. The van der Waals surface area contributed by atoms with Crippen molar-refractivity contribution in [1.82, 2.24) is 5.32 Å². The summed E-state index contributed by atoms with van der Waals surface area (Å²) in [4.78, 5) is 15.1. The number of nitrogens with two attached hydrogens (primary N) is 1. The van der Waals surface area contributed by atoms with E-state index >= 15 is 0 Å². The Labute approximate surface area is 59.7 Å². The smallest absolute Gasteiger partial charge is 0.222 e. The van der Waals surface area contributed by atoms with Crippen LogP contribution in [0.3, 0.4) is 0 Å². The van der Waals surface area contributed by atoms with Gasteiger partial charge in [-0.15, -0.1) is 0 Å². The lowest BCUT2D eigenvalue weighted by Gasteiger charge is -2.00. The molecule has 0 radical (unpaired) electrons. The van der Waals surface area contributed by atoms with Crippen LogP contribution in [-0.4, -0.2) is 18.6 Å². The zero-order valence-electron chi connectivity index (χ0n) is 5.80. The first kappa shape index (κ1) is 7.50. The van der Waals surface area contributed by atoms with Gasteiger partial charge in [-0.05, 0) is 12.8 Å². The van der Waals surface area contributed by atoms with Crippen LogP contribution in [0.2, 0.25) is 0 Å². The first-order chi connectivity index (χ1) is 4.83. The van der Waals surface area contributed by atoms with E-state index in [1.807, 2.05) is 0 Å². The molecule has 1 rings (SSSR count). The molecule has 10 heavy (non-hydrogen) atoms. The summed E-state index contributed by atoms with van der Waals surface area (Å²) in [5, 5.41) is 2.81. The highest BCUT2D eigenvalue weighted by molar-refractivity contribution is 5.76. The Morgan fingerprint density at radius 3 is 2.90 bits per heavy atom. The second-order valence-electron chi connectivity index (χ2n) is 2.46.